The van der Waals surface area contributed by atoms with Gasteiger partial charge in [-0.3, -0.25) is 4.79 Å². The van der Waals surface area contributed by atoms with E-state index < -0.39 is 5.54 Å². The zero-order valence-electron chi connectivity index (χ0n) is 10.6. The first-order chi connectivity index (χ1) is 8.08. The molecular formula is C12H21NO4. The summed E-state index contributed by atoms with van der Waals surface area (Å²) in [5, 5.41) is 2.66. The second kappa shape index (κ2) is 6.59. The summed E-state index contributed by atoms with van der Waals surface area (Å²) in [5.41, 5.74) is -0.871. The zero-order valence-corrected chi connectivity index (χ0v) is 10.6. The lowest BCUT2D eigenvalue weighted by atomic mass is 10.0. The van der Waals surface area contributed by atoms with Gasteiger partial charge in [-0.2, -0.15) is 0 Å². The maximum absolute atomic E-state index is 11.5. The van der Waals surface area contributed by atoms with E-state index in [2.05, 4.69) is 12.2 Å². The van der Waals surface area contributed by atoms with Gasteiger partial charge in [-0.05, 0) is 13.3 Å². The van der Waals surface area contributed by atoms with Gasteiger partial charge in [0.15, 0.2) is 0 Å². The van der Waals surface area contributed by atoms with Crippen LogP contribution in [0.4, 0.5) is 0 Å². The Morgan fingerprint density at radius 2 is 2.29 bits per heavy atom. The van der Waals surface area contributed by atoms with Crippen molar-refractivity contribution in [3.05, 3.63) is 0 Å². The minimum absolute atomic E-state index is 0.00653. The minimum Gasteiger partial charge on any atom is -0.464 e. The van der Waals surface area contributed by atoms with Crippen LogP contribution < -0.4 is 5.32 Å². The zero-order chi connectivity index (χ0) is 12.7. The Morgan fingerprint density at radius 1 is 1.53 bits per heavy atom. The van der Waals surface area contributed by atoms with Crippen LogP contribution in [0.15, 0.2) is 0 Å². The number of amides is 1. The lowest BCUT2D eigenvalue weighted by molar-refractivity contribution is -0.145. The number of hydrogen-bond donors (Lipinski definition) is 1. The van der Waals surface area contributed by atoms with Crippen molar-refractivity contribution in [3.63, 3.8) is 0 Å². The van der Waals surface area contributed by atoms with Crippen LogP contribution in [0.5, 0.6) is 0 Å². The first kappa shape index (κ1) is 14.0. The fraction of sp³-hybridized carbons (Fsp3) is 0.833. The molecule has 0 aromatic rings. The standard InChI is InChI=1S/C12H21NO4/c1-3-4-5-7-16-9-10(14)13-12(2)6-8-17-11(12)15/h3-9H2,1-2H3,(H,13,14). The second-order valence-electron chi connectivity index (χ2n) is 4.53. The van der Waals surface area contributed by atoms with Crippen molar-refractivity contribution in [3.8, 4) is 0 Å². The number of carbonyl (C=O) groups is 2. The molecule has 0 saturated carbocycles. The van der Waals surface area contributed by atoms with Gasteiger partial charge in [0.25, 0.3) is 0 Å². The summed E-state index contributed by atoms with van der Waals surface area (Å²) in [6, 6.07) is 0. The molecule has 0 aliphatic carbocycles. The van der Waals surface area contributed by atoms with Gasteiger partial charge in [0, 0.05) is 13.0 Å². The molecule has 5 nitrogen and oxygen atoms in total. The Labute approximate surface area is 102 Å². The molecule has 0 bridgehead atoms. The molecule has 1 amide bonds. The van der Waals surface area contributed by atoms with Gasteiger partial charge >= 0.3 is 5.97 Å². The van der Waals surface area contributed by atoms with Crippen molar-refractivity contribution in [1.82, 2.24) is 5.32 Å². The lowest BCUT2D eigenvalue weighted by Gasteiger charge is -2.20. The van der Waals surface area contributed by atoms with Gasteiger partial charge in [-0.15, -0.1) is 0 Å². The summed E-state index contributed by atoms with van der Waals surface area (Å²) in [5.74, 6) is -0.625. The highest BCUT2D eigenvalue weighted by atomic mass is 16.5. The highest BCUT2D eigenvalue weighted by Gasteiger charge is 2.41. The first-order valence-corrected chi connectivity index (χ1v) is 6.14. The third-order valence-corrected chi connectivity index (χ3v) is 2.83. The van der Waals surface area contributed by atoms with Crippen LogP contribution in [0, 0.1) is 0 Å². The minimum atomic E-state index is -0.871. The van der Waals surface area contributed by atoms with E-state index in [1.807, 2.05) is 0 Å². The van der Waals surface area contributed by atoms with Crippen LogP contribution in [0.3, 0.4) is 0 Å². The Hall–Kier alpha value is -1.10. The van der Waals surface area contributed by atoms with Crippen LogP contribution in [0.1, 0.15) is 39.5 Å². The summed E-state index contributed by atoms with van der Waals surface area (Å²) in [6.45, 7) is 4.75. The van der Waals surface area contributed by atoms with Crippen molar-refractivity contribution in [2.75, 3.05) is 19.8 Å². The van der Waals surface area contributed by atoms with Crippen LogP contribution in [-0.2, 0) is 19.1 Å². The van der Waals surface area contributed by atoms with Gasteiger partial charge < -0.3 is 14.8 Å². The second-order valence-corrected chi connectivity index (χ2v) is 4.53. The van der Waals surface area contributed by atoms with E-state index in [1.165, 1.54) is 0 Å². The fourth-order valence-electron chi connectivity index (χ4n) is 1.69. The molecule has 5 heteroatoms. The molecule has 0 aromatic heterocycles. The lowest BCUT2D eigenvalue weighted by Crippen LogP contribution is -2.50. The number of nitrogens with one attached hydrogen (secondary N) is 1. The Bertz CT molecular complexity index is 280. The number of rotatable bonds is 7. The van der Waals surface area contributed by atoms with Crippen LogP contribution in [-0.4, -0.2) is 37.2 Å². The highest BCUT2D eigenvalue weighted by Crippen LogP contribution is 2.18. The van der Waals surface area contributed by atoms with Crippen molar-refractivity contribution >= 4 is 11.9 Å². The monoisotopic (exact) mass is 243 g/mol. The van der Waals surface area contributed by atoms with Crippen LogP contribution in [0.2, 0.25) is 0 Å². The van der Waals surface area contributed by atoms with E-state index in [0.29, 0.717) is 19.6 Å². The van der Waals surface area contributed by atoms with E-state index in [1.54, 1.807) is 6.92 Å². The van der Waals surface area contributed by atoms with Crippen molar-refractivity contribution in [2.45, 2.75) is 45.1 Å². The van der Waals surface area contributed by atoms with E-state index in [4.69, 9.17) is 9.47 Å². The van der Waals surface area contributed by atoms with Crippen molar-refractivity contribution in [2.24, 2.45) is 0 Å². The molecule has 17 heavy (non-hydrogen) atoms. The smallest absolute Gasteiger partial charge is 0.331 e. The predicted octanol–water partition coefficient (Wildman–Crippen LogP) is 1.02. The number of hydrogen-bond acceptors (Lipinski definition) is 4. The maximum Gasteiger partial charge on any atom is 0.331 e. The molecule has 0 radical (unpaired) electrons. The first-order valence-electron chi connectivity index (χ1n) is 6.14. The number of cyclic esters (lactones) is 1. The largest absolute Gasteiger partial charge is 0.464 e. The van der Waals surface area contributed by atoms with Crippen molar-refractivity contribution in [1.29, 1.82) is 0 Å². The molecule has 1 aliphatic rings. The summed E-state index contributed by atoms with van der Waals surface area (Å²) in [4.78, 5) is 22.9. The number of esters is 1. The van der Waals surface area contributed by atoms with Crippen molar-refractivity contribution < 1.29 is 19.1 Å². The van der Waals surface area contributed by atoms with E-state index in [0.717, 1.165) is 19.3 Å². The molecule has 98 valence electrons. The van der Waals surface area contributed by atoms with Gasteiger partial charge in [0.2, 0.25) is 5.91 Å². The summed E-state index contributed by atoms with van der Waals surface area (Å²) < 4.78 is 10.1. The van der Waals surface area contributed by atoms with Gasteiger partial charge in [0.1, 0.15) is 12.1 Å². The maximum atomic E-state index is 11.5. The van der Waals surface area contributed by atoms with E-state index in [9.17, 15) is 9.59 Å². The molecule has 1 atom stereocenters. The van der Waals surface area contributed by atoms with Crippen LogP contribution >= 0.6 is 0 Å². The van der Waals surface area contributed by atoms with E-state index >= 15 is 0 Å². The molecule has 1 heterocycles. The Kier molecular flexibility index (Phi) is 5.41. The van der Waals surface area contributed by atoms with Crippen LogP contribution in [0.25, 0.3) is 0 Å². The molecule has 1 aliphatic heterocycles. The van der Waals surface area contributed by atoms with Gasteiger partial charge in [-0.25, -0.2) is 4.79 Å². The predicted molar refractivity (Wildman–Crippen MR) is 62.5 cm³/mol. The molecule has 0 aromatic carbocycles. The quantitative estimate of drug-likeness (QED) is 0.535. The fourth-order valence-corrected chi connectivity index (χ4v) is 1.69. The summed E-state index contributed by atoms with van der Waals surface area (Å²) in [7, 11) is 0. The Balaban J connectivity index is 2.18. The highest BCUT2D eigenvalue weighted by molar-refractivity contribution is 5.89. The topological polar surface area (TPSA) is 64.6 Å². The number of unbranched alkanes of at least 4 members (excludes halogenated alkanes) is 2. The van der Waals surface area contributed by atoms with Gasteiger partial charge in [0.05, 0.1) is 6.61 Å². The molecule has 1 saturated heterocycles. The van der Waals surface area contributed by atoms with Gasteiger partial charge in [-0.1, -0.05) is 19.8 Å². The third kappa shape index (κ3) is 4.34. The molecule has 1 rings (SSSR count). The SMILES string of the molecule is CCCCCOCC(=O)NC1(C)CCOC1=O. The molecular weight excluding hydrogens is 222 g/mol. The number of ether oxygens (including phenoxy) is 2. The average Bonchev–Trinajstić information content (AvgIpc) is 2.58. The Morgan fingerprint density at radius 3 is 2.88 bits per heavy atom. The molecule has 1 unspecified atom stereocenters. The van der Waals surface area contributed by atoms with E-state index in [-0.39, 0.29) is 18.5 Å². The third-order valence-electron chi connectivity index (χ3n) is 2.83. The molecule has 1 fully saturated rings. The normalized spacial score (nSPS) is 23.5. The summed E-state index contributed by atoms with van der Waals surface area (Å²) >= 11 is 0. The average molecular weight is 243 g/mol. The number of carbonyl (C=O) groups excluding carboxylic acids is 2. The molecule has 1 N–H and O–H groups in total. The molecule has 0 spiro atoms. The summed E-state index contributed by atoms with van der Waals surface area (Å²) in [6.07, 6.45) is 3.71.